The maximum atomic E-state index is 12.6. The zero-order chi connectivity index (χ0) is 17.3. The standard InChI is InChI=1S/C18H25N3O3/c1-12(2)11-15(22)16(23)21-9-7-18(8-10-21)17(24)19-13-5-3-4-6-14(13)20-18/h3-6,12,15,20,22H,7-11H2,1-2H3,(H,19,24)/t15-/m1/s1. The number of aliphatic hydroxyl groups is 1. The van der Waals surface area contributed by atoms with Crippen LogP contribution in [0.3, 0.4) is 0 Å². The first-order chi connectivity index (χ1) is 11.4. The normalized spacial score (nSPS) is 20.3. The number of likely N-dealkylation sites (tertiary alicyclic amines) is 1. The number of carbonyl (C=O) groups excluding carboxylic acids is 2. The van der Waals surface area contributed by atoms with E-state index in [1.807, 2.05) is 38.1 Å². The number of fused-ring (bicyclic) bond motifs is 1. The van der Waals surface area contributed by atoms with Crippen molar-refractivity contribution in [1.82, 2.24) is 4.90 Å². The molecular weight excluding hydrogens is 306 g/mol. The number of aliphatic hydroxyl groups excluding tert-OH is 1. The fraction of sp³-hybridized carbons (Fsp3) is 0.556. The van der Waals surface area contributed by atoms with Gasteiger partial charge in [0.15, 0.2) is 0 Å². The highest BCUT2D eigenvalue weighted by atomic mass is 16.3. The lowest BCUT2D eigenvalue weighted by molar-refractivity contribution is -0.143. The van der Waals surface area contributed by atoms with Crippen molar-refractivity contribution in [3.8, 4) is 0 Å². The lowest BCUT2D eigenvalue weighted by Gasteiger charge is -2.44. The molecule has 1 aromatic carbocycles. The molecule has 6 nitrogen and oxygen atoms in total. The van der Waals surface area contributed by atoms with Crippen LogP contribution in [0.5, 0.6) is 0 Å². The highest BCUT2D eigenvalue weighted by Crippen LogP contribution is 2.36. The van der Waals surface area contributed by atoms with Gasteiger partial charge in [-0.15, -0.1) is 0 Å². The minimum Gasteiger partial charge on any atom is -0.383 e. The molecule has 0 aromatic heterocycles. The summed E-state index contributed by atoms with van der Waals surface area (Å²) >= 11 is 0. The van der Waals surface area contributed by atoms with Crippen molar-refractivity contribution in [1.29, 1.82) is 0 Å². The van der Waals surface area contributed by atoms with Crippen LogP contribution in [0, 0.1) is 5.92 Å². The molecule has 0 aliphatic carbocycles. The Bertz CT molecular complexity index is 636. The third-order valence-corrected chi connectivity index (χ3v) is 4.89. The Morgan fingerprint density at radius 3 is 2.50 bits per heavy atom. The predicted octanol–water partition coefficient (Wildman–Crippen LogP) is 1.82. The van der Waals surface area contributed by atoms with Gasteiger partial charge in [0.05, 0.1) is 11.4 Å². The second-order valence-electron chi connectivity index (χ2n) is 7.18. The Morgan fingerprint density at radius 2 is 1.88 bits per heavy atom. The topological polar surface area (TPSA) is 81.7 Å². The van der Waals surface area contributed by atoms with Gasteiger partial charge in [0.2, 0.25) is 5.91 Å². The van der Waals surface area contributed by atoms with Crippen molar-refractivity contribution in [2.75, 3.05) is 23.7 Å². The van der Waals surface area contributed by atoms with Gasteiger partial charge >= 0.3 is 0 Å². The SMILES string of the molecule is CC(C)C[C@@H](O)C(=O)N1CCC2(CC1)Nc1ccccc1NC2=O. The fourth-order valence-corrected chi connectivity index (χ4v) is 3.48. The van der Waals surface area contributed by atoms with Crippen LogP contribution in [0.15, 0.2) is 24.3 Å². The molecule has 24 heavy (non-hydrogen) atoms. The van der Waals surface area contributed by atoms with Crippen LogP contribution in [0.1, 0.15) is 33.1 Å². The molecule has 0 bridgehead atoms. The van der Waals surface area contributed by atoms with Gasteiger partial charge < -0.3 is 20.6 Å². The highest BCUT2D eigenvalue weighted by molar-refractivity contribution is 6.06. The second-order valence-corrected chi connectivity index (χ2v) is 7.18. The second kappa shape index (κ2) is 6.43. The van der Waals surface area contributed by atoms with E-state index in [1.165, 1.54) is 0 Å². The van der Waals surface area contributed by atoms with Crippen LogP contribution in [-0.2, 0) is 9.59 Å². The van der Waals surface area contributed by atoms with Crippen LogP contribution in [0.2, 0.25) is 0 Å². The number of hydrogen-bond acceptors (Lipinski definition) is 4. The molecule has 1 fully saturated rings. The van der Waals surface area contributed by atoms with Crippen molar-refractivity contribution in [3.63, 3.8) is 0 Å². The summed E-state index contributed by atoms with van der Waals surface area (Å²) < 4.78 is 0. The molecule has 1 aromatic rings. The van der Waals surface area contributed by atoms with Gasteiger partial charge in [-0.3, -0.25) is 9.59 Å². The first kappa shape index (κ1) is 16.8. The van der Waals surface area contributed by atoms with Crippen molar-refractivity contribution in [2.45, 2.75) is 44.8 Å². The molecule has 1 spiro atoms. The van der Waals surface area contributed by atoms with Gasteiger partial charge in [-0.25, -0.2) is 0 Å². The molecule has 0 saturated carbocycles. The molecule has 2 amide bonds. The van der Waals surface area contributed by atoms with E-state index in [0.717, 1.165) is 11.4 Å². The Morgan fingerprint density at radius 1 is 1.25 bits per heavy atom. The molecule has 0 unspecified atom stereocenters. The summed E-state index contributed by atoms with van der Waals surface area (Å²) in [6.07, 6.45) is 0.584. The molecule has 0 radical (unpaired) electrons. The smallest absolute Gasteiger partial charge is 0.251 e. The van der Waals surface area contributed by atoms with Gasteiger partial charge in [0.1, 0.15) is 11.6 Å². The zero-order valence-electron chi connectivity index (χ0n) is 14.2. The van der Waals surface area contributed by atoms with E-state index in [9.17, 15) is 14.7 Å². The van der Waals surface area contributed by atoms with Crippen molar-refractivity contribution < 1.29 is 14.7 Å². The molecule has 3 rings (SSSR count). The summed E-state index contributed by atoms with van der Waals surface area (Å²) in [6.45, 7) is 4.90. The van der Waals surface area contributed by atoms with E-state index in [2.05, 4.69) is 10.6 Å². The summed E-state index contributed by atoms with van der Waals surface area (Å²) in [6, 6.07) is 7.63. The lowest BCUT2D eigenvalue weighted by Crippen LogP contribution is -2.59. The summed E-state index contributed by atoms with van der Waals surface area (Å²) in [5, 5.41) is 16.4. The number of carbonyl (C=O) groups is 2. The minimum atomic E-state index is -0.951. The molecule has 2 aliphatic rings. The van der Waals surface area contributed by atoms with E-state index in [-0.39, 0.29) is 17.7 Å². The summed E-state index contributed by atoms with van der Waals surface area (Å²) in [5.41, 5.74) is 1.03. The van der Waals surface area contributed by atoms with Crippen LogP contribution in [0.4, 0.5) is 11.4 Å². The number of para-hydroxylation sites is 2. The monoisotopic (exact) mass is 331 g/mol. The van der Waals surface area contributed by atoms with Crippen molar-refractivity contribution in [3.05, 3.63) is 24.3 Å². The third-order valence-electron chi connectivity index (χ3n) is 4.89. The molecule has 130 valence electrons. The summed E-state index contributed by atoms with van der Waals surface area (Å²) in [7, 11) is 0. The zero-order valence-corrected chi connectivity index (χ0v) is 14.2. The molecule has 2 heterocycles. The third kappa shape index (κ3) is 3.11. The number of nitrogens with one attached hydrogen (secondary N) is 2. The summed E-state index contributed by atoms with van der Waals surface area (Å²) in [4.78, 5) is 26.6. The first-order valence-electron chi connectivity index (χ1n) is 8.57. The number of nitrogens with zero attached hydrogens (tertiary/aromatic N) is 1. The van der Waals surface area contributed by atoms with E-state index in [4.69, 9.17) is 0 Å². The maximum Gasteiger partial charge on any atom is 0.251 e. The Kier molecular flexibility index (Phi) is 4.49. The molecule has 3 N–H and O–H groups in total. The largest absolute Gasteiger partial charge is 0.383 e. The number of benzene rings is 1. The van der Waals surface area contributed by atoms with Gasteiger partial charge in [-0.05, 0) is 37.3 Å². The number of anilines is 2. The van der Waals surface area contributed by atoms with E-state index in [1.54, 1.807) is 4.90 Å². The number of amides is 2. The van der Waals surface area contributed by atoms with Gasteiger partial charge in [0.25, 0.3) is 5.91 Å². The van der Waals surface area contributed by atoms with Crippen LogP contribution in [0.25, 0.3) is 0 Å². The molecule has 1 saturated heterocycles. The first-order valence-corrected chi connectivity index (χ1v) is 8.57. The quantitative estimate of drug-likeness (QED) is 0.789. The molecular formula is C18H25N3O3. The summed E-state index contributed by atoms with van der Waals surface area (Å²) in [5.74, 6) is -0.00595. The van der Waals surface area contributed by atoms with Crippen molar-refractivity contribution >= 4 is 23.2 Å². The van der Waals surface area contributed by atoms with E-state index in [0.29, 0.717) is 32.4 Å². The predicted molar refractivity (Wildman–Crippen MR) is 92.7 cm³/mol. The van der Waals surface area contributed by atoms with Crippen LogP contribution in [-0.4, -0.2) is 46.6 Å². The molecule has 6 heteroatoms. The lowest BCUT2D eigenvalue weighted by atomic mass is 9.84. The van der Waals surface area contributed by atoms with Crippen LogP contribution >= 0.6 is 0 Å². The minimum absolute atomic E-state index is 0.0453. The van der Waals surface area contributed by atoms with Gasteiger partial charge in [0, 0.05) is 13.1 Å². The van der Waals surface area contributed by atoms with E-state index < -0.39 is 11.6 Å². The Labute approximate surface area is 142 Å². The Balaban J connectivity index is 1.66. The average molecular weight is 331 g/mol. The fourth-order valence-electron chi connectivity index (χ4n) is 3.48. The highest BCUT2D eigenvalue weighted by Gasteiger charge is 2.45. The number of hydrogen-bond donors (Lipinski definition) is 3. The van der Waals surface area contributed by atoms with Crippen LogP contribution < -0.4 is 10.6 Å². The number of piperidine rings is 1. The van der Waals surface area contributed by atoms with Gasteiger partial charge in [-0.2, -0.15) is 0 Å². The number of rotatable bonds is 3. The molecule has 2 aliphatic heterocycles. The van der Waals surface area contributed by atoms with Gasteiger partial charge in [-0.1, -0.05) is 26.0 Å². The average Bonchev–Trinajstić information content (AvgIpc) is 2.55. The Hall–Kier alpha value is -2.08. The maximum absolute atomic E-state index is 12.6. The van der Waals surface area contributed by atoms with E-state index >= 15 is 0 Å². The molecule has 1 atom stereocenters. The van der Waals surface area contributed by atoms with Crippen molar-refractivity contribution in [2.24, 2.45) is 5.92 Å².